The standard InChI is InChI=1S/C15H18N4O/c16-7-8-17-12-9-18-15(19-14(12)10-5-6-10)11-3-1-2-4-13(11)20/h1-4,9-10,17,20H,5-8,16H2. The van der Waals surface area contributed by atoms with Crippen LogP contribution in [0.15, 0.2) is 30.5 Å². The van der Waals surface area contributed by atoms with Gasteiger partial charge in [0.2, 0.25) is 0 Å². The first-order valence-electron chi connectivity index (χ1n) is 6.89. The van der Waals surface area contributed by atoms with E-state index in [2.05, 4.69) is 15.3 Å². The molecule has 5 nitrogen and oxygen atoms in total. The van der Waals surface area contributed by atoms with Crippen LogP contribution in [0.4, 0.5) is 5.69 Å². The highest BCUT2D eigenvalue weighted by Crippen LogP contribution is 2.43. The Labute approximate surface area is 117 Å². The van der Waals surface area contributed by atoms with Crippen LogP contribution < -0.4 is 11.1 Å². The Morgan fingerprint density at radius 1 is 1.30 bits per heavy atom. The maximum absolute atomic E-state index is 9.91. The van der Waals surface area contributed by atoms with Crippen LogP contribution in [0.3, 0.4) is 0 Å². The number of nitrogens with one attached hydrogen (secondary N) is 1. The summed E-state index contributed by atoms with van der Waals surface area (Å²) in [6.07, 6.45) is 4.11. The van der Waals surface area contributed by atoms with Gasteiger partial charge >= 0.3 is 0 Å². The number of nitrogens with two attached hydrogens (primary N) is 1. The molecule has 0 atom stereocenters. The highest BCUT2D eigenvalue weighted by atomic mass is 16.3. The molecule has 0 radical (unpaired) electrons. The molecule has 2 aromatic rings. The molecule has 3 rings (SSSR count). The zero-order valence-corrected chi connectivity index (χ0v) is 11.2. The van der Waals surface area contributed by atoms with Gasteiger partial charge in [0.15, 0.2) is 5.82 Å². The van der Waals surface area contributed by atoms with Crippen LogP contribution in [0.2, 0.25) is 0 Å². The van der Waals surface area contributed by atoms with Crippen LogP contribution in [-0.4, -0.2) is 28.2 Å². The van der Waals surface area contributed by atoms with E-state index in [-0.39, 0.29) is 5.75 Å². The number of para-hydroxylation sites is 1. The summed E-state index contributed by atoms with van der Waals surface area (Å²) in [5.74, 6) is 1.28. The lowest BCUT2D eigenvalue weighted by Gasteiger charge is -2.11. The molecule has 1 aromatic carbocycles. The molecule has 0 saturated heterocycles. The number of hydrogen-bond donors (Lipinski definition) is 3. The number of phenols is 1. The highest BCUT2D eigenvalue weighted by Gasteiger charge is 2.28. The second-order valence-corrected chi connectivity index (χ2v) is 5.00. The van der Waals surface area contributed by atoms with Gasteiger partial charge in [-0.15, -0.1) is 0 Å². The molecule has 4 N–H and O–H groups in total. The predicted molar refractivity (Wildman–Crippen MR) is 78.7 cm³/mol. The first kappa shape index (κ1) is 12.9. The average Bonchev–Trinajstić information content (AvgIpc) is 3.30. The van der Waals surface area contributed by atoms with Gasteiger partial charge in [0.1, 0.15) is 5.75 Å². The van der Waals surface area contributed by atoms with Gasteiger partial charge in [0.25, 0.3) is 0 Å². The summed E-state index contributed by atoms with van der Waals surface area (Å²) >= 11 is 0. The smallest absolute Gasteiger partial charge is 0.163 e. The Morgan fingerprint density at radius 3 is 2.80 bits per heavy atom. The lowest BCUT2D eigenvalue weighted by Crippen LogP contribution is -2.15. The van der Waals surface area contributed by atoms with E-state index in [4.69, 9.17) is 5.73 Å². The Bertz CT molecular complexity index is 611. The zero-order chi connectivity index (χ0) is 13.9. The average molecular weight is 270 g/mol. The lowest BCUT2D eigenvalue weighted by molar-refractivity contribution is 0.477. The molecule has 1 aliphatic rings. The Hall–Kier alpha value is -2.14. The van der Waals surface area contributed by atoms with Crippen LogP contribution >= 0.6 is 0 Å². The minimum atomic E-state index is 0.205. The van der Waals surface area contributed by atoms with E-state index in [1.54, 1.807) is 18.3 Å². The van der Waals surface area contributed by atoms with E-state index in [0.29, 0.717) is 30.4 Å². The van der Waals surface area contributed by atoms with Gasteiger partial charge in [-0.2, -0.15) is 0 Å². The molecular formula is C15H18N4O. The maximum atomic E-state index is 9.91. The molecular weight excluding hydrogens is 252 g/mol. The van der Waals surface area contributed by atoms with Crippen LogP contribution in [-0.2, 0) is 0 Å². The first-order valence-corrected chi connectivity index (χ1v) is 6.89. The molecule has 0 amide bonds. The minimum Gasteiger partial charge on any atom is -0.507 e. The van der Waals surface area contributed by atoms with Crippen molar-refractivity contribution < 1.29 is 5.11 Å². The second kappa shape index (κ2) is 5.46. The van der Waals surface area contributed by atoms with Crippen molar-refractivity contribution in [2.45, 2.75) is 18.8 Å². The fourth-order valence-electron chi connectivity index (χ4n) is 2.20. The van der Waals surface area contributed by atoms with Gasteiger partial charge in [-0.1, -0.05) is 12.1 Å². The number of hydrogen-bond acceptors (Lipinski definition) is 5. The highest BCUT2D eigenvalue weighted by molar-refractivity contribution is 5.65. The van der Waals surface area contributed by atoms with E-state index in [1.165, 1.54) is 0 Å². The number of nitrogens with zero attached hydrogens (tertiary/aromatic N) is 2. The third kappa shape index (κ3) is 2.58. The van der Waals surface area contributed by atoms with Gasteiger partial charge in [0.05, 0.1) is 23.1 Å². The third-order valence-corrected chi connectivity index (χ3v) is 3.39. The topological polar surface area (TPSA) is 84.1 Å². The SMILES string of the molecule is NCCNc1cnc(-c2ccccc2O)nc1C1CC1. The number of phenolic OH excluding ortho intramolecular Hbond substituents is 1. The fraction of sp³-hybridized carbons (Fsp3) is 0.333. The molecule has 0 bridgehead atoms. The van der Waals surface area contributed by atoms with Gasteiger partial charge in [-0.05, 0) is 25.0 Å². The summed E-state index contributed by atoms with van der Waals surface area (Å²) in [5.41, 5.74) is 8.18. The molecule has 5 heteroatoms. The normalized spacial score (nSPS) is 14.2. The number of anilines is 1. The van der Waals surface area contributed by atoms with Crippen molar-refractivity contribution in [3.63, 3.8) is 0 Å². The molecule has 104 valence electrons. The van der Waals surface area contributed by atoms with E-state index >= 15 is 0 Å². The molecule has 1 fully saturated rings. The quantitative estimate of drug-likeness (QED) is 0.775. The van der Waals surface area contributed by atoms with Gasteiger partial charge < -0.3 is 16.2 Å². The van der Waals surface area contributed by atoms with Crippen molar-refractivity contribution in [1.82, 2.24) is 9.97 Å². The molecule has 0 spiro atoms. The van der Waals surface area contributed by atoms with Crippen LogP contribution in [0.25, 0.3) is 11.4 Å². The van der Waals surface area contributed by atoms with Gasteiger partial charge in [0, 0.05) is 19.0 Å². The summed E-state index contributed by atoms with van der Waals surface area (Å²) in [6, 6.07) is 7.14. The van der Waals surface area contributed by atoms with Crippen LogP contribution in [0, 0.1) is 0 Å². The summed E-state index contributed by atoms with van der Waals surface area (Å²) in [4.78, 5) is 9.00. The van der Waals surface area contributed by atoms with Crippen molar-refractivity contribution in [2.24, 2.45) is 5.73 Å². The van der Waals surface area contributed by atoms with Gasteiger partial charge in [-0.25, -0.2) is 9.97 Å². The van der Waals surface area contributed by atoms with E-state index in [1.807, 2.05) is 12.1 Å². The van der Waals surface area contributed by atoms with Crippen LogP contribution in [0.1, 0.15) is 24.5 Å². The van der Waals surface area contributed by atoms with Crippen molar-refractivity contribution in [2.75, 3.05) is 18.4 Å². The molecule has 1 aromatic heterocycles. The Kier molecular flexibility index (Phi) is 3.52. The first-order chi connectivity index (χ1) is 9.79. The van der Waals surface area contributed by atoms with Crippen molar-refractivity contribution in [3.8, 4) is 17.1 Å². The van der Waals surface area contributed by atoms with Crippen molar-refractivity contribution in [1.29, 1.82) is 0 Å². The largest absolute Gasteiger partial charge is 0.507 e. The number of aromatic nitrogens is 2. The maximum Gasteiger partial charge on any atom is 0.163 e. The molecule has 0 unspecified atom stereocenters. The molecule has 1 saturated carbocycles. The van der Waals surface area contributed by atoms with E-state index < -0.39 is 0 Å². The molecule has 1 aliphatic carbocycles. The third-order valence-electron chi connectivity index (χ3n) is 3.39. The minimum absolute atomic E-state index is 0.205. The summed E-state index contributed by atoms with van der Waals surface area (Å²) in [5, 5.41) is 13.2. The summed E-state index contributed by atoms with van der Waals surface area (Å²) in [6.45, 7) is 1.28. The molecule has 1 heterocycles. The number of rotatable bonds is 5. The van der Waals surface area contributed by atoms with E-state index in [9.17, 15) is 5.11 Å². The lowest BCUT2D eigenvalue weighted by atomic mass is 10.1. The number of benzene rings is 1. The Balaban J connectivity index is 1.97. The van der Waals surface area contributed by atoms with E-state index in [0.717, 1.165) is 24.2 Å². The molecule has 0 aliphatic heterocycles. The van der Waals surface area contributed by atoms with Crippen molar-refractivity contribution >= 4 is 5.69 Å². The second-order valence-electron chi connectivity index (χ2n) is 5.00. The van der Waals surface area contributed by atoms with Crippen LogP contribution in [0.5, 0.6) is 5.75 Å². The zero-order valence-electron chi connectivity index (χ0n) is 11.2. The number of aromatic hydroxyl groups is 1. The summed E-state index contributed by atoms with van der Waals surface area (Å²) < 4.78 is 0. The Morgan fingerprint density at radius 2 is 2.10 bits per heavy atom. The monoisotopic (exact) mass is 270 g/mol. The van der Waals surface area contributed by atoms with Gasteiger partial charge in [-0.3, -0.25) is 0 Å². The summed E-state index contributed by atoms with van der Waals surface area (Å²) in [7, 11) is 0. The molecule has 20 heavy (non-hydrogen) atoms. The van der Waals surface area contributed by atoms with Crippen molar-refractivity contribution in [3.05, 3.63) is 36.2 Å². The fourth-order valence-corrected chi connectivity index (χ4v) is 2.20. The predicted octanol–water partition coefficient (Wildman–Crippen LogP) is 2.10.